The molecular formula is C20H17Cl2N3OS. The summed E-state index contributed by atoms with van der Waals surface area (Å²) in [6, 6.07) is 12.5. The molecule has 4 rings (SSSR count). The highest BCUT2D eigenvalue weighted by Gasteiger charge is 2.16. The zero-order chi connectivity index (χ0) is 18.8. The van der Waals surface area contributed by atoms with Crippen LogP contribution in [0, 0.1) is 0 Å². The quantitative estimate of drug-likeness (QED) is 0.568. The van der Waals surface area contributed by atoms with E-state index in [1.54, 1.807) is 29.5 Å². The normalized spacial score (nSPS) is 13.8. The van der Waals surface area contributed by atoms with Crippen LogP contribution >= 0.6 is 34.5 Å². The van der Waals surface area contributed by atoms with Crippen molar-refractivity contribution in [2.45, 2.75) is 12.8 Å². The van der Waals surface area contributed by atoms with E-state index in [0.717, 1.165) is 29.5 Å². The van der Waals surface area contributed by atoms with Crippen LogP contribution in [0.25, 0.3) is 11.3 Å². The number of nitrogens with one attached hydrogen (secondary N) is 1. The second-order valence-corrected chi connectivity index (χ2v) is 8.05. The van der Waals surface area contributed by atoms with Crippen molar-refractivity contribution in [2.75, 3.05) is 23.3 Å². The Bertz CT molecular complexity index is 983. The summed E-state index contributed by atoms with van der Waals surface area (Å²) in [6.45, 7) is 2.15. The van der Waals surface area contributed by atoms with Crippen molar-refractivity contribution in [2.24, 2.45) is 0 Å². The van der Waals surface area contributed by atoms with E-state index in [1.807, 2.05) is 24.3 Å². The molecule has 1 saturated heterocycles. The number of hydrogen-bond donors (Lipinski definition) is 1. The van der Waals surface area contributed by atoms with E-state index >= 15 is 0 Å². The molecule has 138 valence electrons. The third-order valence-corrected chi connectivity index (χ3v) is 5.91. The molecule has 7 heteroatoms. The van der Waals surface area contributed by atoms with Gasteiger partial charge < -0.3 is 10.2 Å². The molecule has 2 heterocycles. The van der Waals surface area contributed by atoms with Gasteiger partial charge in [-0.2, -0.15) is 0 Å². The minimum absolute atomic E-state index is 0.273. The van der Waals surface area contributed by atoms with Crippen molar-refractivity contribution < 1.29 is 4.79 Å². The molecule has 0 atom stereocenters. The second-order valence-electron chi connectivity index (χ2n) is 6.37. The number of nitrogens with zero attached hydrogens (tertiary/aromatic N) is 2. The van der Waals surface area contributed by atoms with Crippen LogP contribution in [-0.4, -0.2) is 24.0 Å². The first-order valence-corrected chi connectivity index (χ1v) is 10.3. The first kappa shape index (κ1) is 18.3. The van der Waals surface area contributed by atoms with E-state index in [2.05, 4.69) is 15.6 Å². The maximum atomic E-state index is 12.5. The molecule has 1 N–H and O–H groups in total. The lowest BCUT2D eigenvalue weighted by Crippen LogP contribution is -2.17. The zero-order valence-electron chi connectivity index (χ0n) is 14.4. The molecule has 2 aromatic carbocycles. The Hall–Kier alpha value is -2.08. The third-order valence-electron chi connectivity index (χ3n) is 4.46. The average molecular weight is 418 g/mol. The fourth-order valence-electron chi connectivity index (χ4n) is 3.08. The van der Waals surface area contributed by atoms with Crippen LogP contribution in [0.15, 0.2) is 47.8 Å². The summed E-state index contributed by atoms with van der Waals surface area (Å²) in [4.78, 5) is 19.6. The van der Waals surface area contributed by atoms with Gasteiger partial charge in [0.15, 0.2) is 5.13 Å². The summed E-state index contributed by atoms with van der Waals surface area (Å²) >= 11 is 13.7. The lowest BCUT2D eigenvalue weighted by atomic mass is 10.1. The Morgan fingerprint density at radius 1 is 1.11 bits per heavy atom. The molecule has 0 radical (unpaired) electrons. The Balaban J connectivity index is 1.53. The number of benzene rings is 2. The van der Waals surface area contributed by atoms with Gasteiger partial charge in [-0.05, 0) is 43.2 Å². The summed E-state index contributed by atoms with van der Waals surface area (Å²) in [5.74, 6) is -0.273. The summed E-state index contributed by atoms with van der Waals surface area (Å²) < 4.78 is 0. The van der Waals surface area contributed by atoms with Gasteiger partial charge in [-0.25, -0.2) is 4.98 Å². The number of carbonyl (C=O) groups excluding carboxylic acids is 1. The number of rotatable bonds is 4. The number of amides is 1. The van der Waals surface area contributed by atoms with Crippen molar-refractivity contribution in [3.05, 3.63) is 63.5 Å². The summed E-state index contributed by atoms with van der Waals surface area (Å²) in [5.41, 5.74) is 2.97. The number of aromatic nitrogens is 1. The van der Waals surface area contributed by atoms with E-state index in [-0.39, 0.29) is 5.91 Å². The van der Waals surface area contributed by atoms with E-state index in [9.17, 15) is 4.79 Å². The molecule has 0 aliphatic carbocycles. The highest BCUT2D eigenvalue weighted by atomic mass is 35.5. The third kappa shape index (κ3) is 4.10. The number of hydrogen-bond acceptors (Lipinski definition) is 4. The highest BCUT2D eigenvalue weighted by molar-refractivity contribution is 7.14. The van der Waals surface area contributed by atoms with Crippen molar-refractivity contribution in [3.8, 4) is 11.3 Å². The van der Waals surface area contributed by atoms with Crippen LogP contribution in [0.5, 0.6) is 0 Å². The first-order valence-electron chi connectivity index (χ1n) is 8.67. The van der Waals surface area contributed by atoms with E-state index in [4.69, 9.17) is 28.2 Å². The molecule has 27 heavy (non-hydrogen) atoms. The summed E-state index contributed by atoms with van der Waals surface area (Å²) in [7, 11) is 0. The lowest BCUT2D eigenvalue weighted by molar-refractivity contribution is 0.102. The van der Waals surface area contributed by atoms with Crippen molar-refractivity contribution >= 4 is 51.3 Å². The molecule has 0 unspecified atom stereocenters. The number of halogens is 2. The van der Waals surface area contributed by atoms with E-state index in [1.165, 1.54) is 12.8 Å². The van der Waals surface area contributed by atoms with E-state index < -0.39 is 0 Å². The van der Waals surface area contributed by atoms with Gasteiger partial charge in [-0.1, -0.05) is 35.3 Å². The molecule has 4 nitrogen and oxygen atoms in total. The number of carbonyl (C=O) groups is 1. The number of anilines is 2. The fraction of sp³-hybridized carbons (Fsp3) is 0.200. The summed E-state index contributed by atoms with van der Waals surface area (Å²) in [6.07, 6.45) is 2.45. The van der Waals surface area contributed by atoms with Gasteiger partial charge >= 0.3 is 0 Å². The van der Waals surface area contributed by atoms with Gasteiger partial charge in [0.2, 0.25) is 0 Å². The topological polar surface area (TPSA) is 45.2 Å². The predicted molar refractivity (Wildman–Crippen MR) is 113 cm³/mol. The van der Waals surface area contributed by atoms with Crippen molar-refractivity contribution in [3.63, 3.8) is 0 Å². The predicted octanol–water partition coefficient (Wildman–Crippen LogP) is 5.97. The van der Waals surface area contributed by atoms with Crippen LogP contribution in [-0.2, 0) is 0 Å². The van der Waals surface area contributed by atoms with Gasteiger partial charge in [0, 0.05) is 34.7 Å². The monoisotopic (exact) mass is 417 g/mol. The smallest absolute Gasteiger partial charge is 0.257 e. The van der Waals surface area contributed by atoms with Gasteiger partial charge in [0.05, 0.1) is 16.3 Å². The molecule has 1 aromatic heterocycles. The molecular weight excluding hydrogens is 401 g/mol. The van der Waals surface area contributed by atoms with Crippen LogP contribution in [0.3, 0.4) is 0 Å². The van der Waals surface area contributed by atoms with Gasteiger partial charge in [-0.15, -0.1) is 11.3 Å². The van der Waals surface area contributed by atoms with Crippen LogP contribution in [0.1, 0.15) is 23.2 Å². The van der Waals surface area contributed by atoms with Crippen molar-refractivity contribution in [1.29, 1.82) is 0 Å². The van der Waals surface area contributed by atoms with Gasteiger partial charge in [-0.3, -0.25) is 4.79 Å². The minimum Gasteiger partial charge on any atom is -0.348 e. The molecule has 1 amide bonds. The molecule has 3 aromatic rings. The summed E-state index contributed by atoms with van der Waals surface area (Å²) in [5, 5.41) is 6.83. The minimum atomic E-state index is -0.273. The van der Waals surface area contributed by atoms with Crippen LogP contribution in [0.2, 0.25) is 10.0 Å². The molecule has 1 aliphatic rings. The molecule has 0 saturated carbocycles. The first-order chi connectivity index (χ1) is 13.1. The Kier molecular flexibility index (Phi) is 5.34. The largest absolute Gasteiger partial charge is 0.348 e. The standard InChI is InChI=1S/C20H17Cl2N3OS/c21-14-6-7-16(17(22)11-14)19(26)23-15-5-3-4-13(10-15)18-12-27-20(24-18)25-8-1-2-9-25/h3-7,10-12H,1-2,8-9H2,(H,23,26). The van der Waals surface area contributed by atoms with E-state index in [0.29, 0.717) is 21.3 Å². The van der Waals surface area contributed by atoms with Crippen LogP contribution in [0.4, 0.5) is 10.8 Å². The van der Waals surface area contributed by atoms with Crippen LogP contribution < -0.4 is 10.2 Å². The Morgan fingerprint density at radius 3 is 2.70 bits per heavy atom. The number of thiazole rings is 1. The molecule has 0 bridgehead atoms. The SMILES string of the molecule is O=C(Nc1cccc(-c2csc(N3CCCC3)n2)c1)c1ccc(Cl)cc1Cl. The Morgan fingerprint density at radius 2 is 1.93 bits per heavy atom. The molecule has 1 fully saturated rings. The van der Waals surface area contributed by atoms with Gasteiger partial charge in [0.25, 0.3) is 5.91 Å². The maximum absolute atomic E-state index is 12.5. The average Bonchev–Trinajstić information content (AvgIpc) is 3.33. The fourth-order valence-corrected chi connectivity index (χ4v) is 4.46. The van der Waals surface area contributed by atoms with Crippen molar-refractivity contribution in [1.82, 2.24) is 4.98 Å². The molecule has 0 spiro atoms. The Labute approximate surface area is 171 Å². The molecule has 1 aliphatic heterocycles. The second kappa shape index (κ2) is 7.89. The lowest BCUT2D eigenvalue weighted by Gasteiger charge is -2.12. The highest BCUT2D eigenvalue weighted by Crippen LogP contribution is 2.31. The zero-order valence-corrected chi connectivity index (χ0v) is 16.7. The maximum Gasteiger partial charge on any atom is 0.257 e. The van der Waals surface area contributed by atoms with Gasteiger partial charge in [0.1, 0.15) is 0 Å².